The minimum atomic E-state index is -0.279. The molecule has 1 aliphatic carbocycles. The van der Waals surface area contributed by atoms with Crippen LogP contribution in [0.25, 0.3) is 0 Å². The van der Waals surface area contributed by atoms with Crippen LogP contribution in [0.2, 0.25) is 0 Å². The lowest BCUT2D eigenvalue weighted by Gasteiger charge is -2.44. The van der Waals surface area contributed by atoms with E-state index in [1.807, 2.05) is 12.1 Å². The third kappa shape index (κ3) is 3.44. The van der Waals surface area contributed by atoms with Crippen LogP contribution in [0, 0.1) is 3.57 Å². The third-order valence-electron chi connectivity index (χ3n) is 5.71. The molecule has 0 bridgehead atoms. The largest absolute Gasteiger partial charge is 0.495 e. The molecule has 2 aromatic carbocycles. The van der Waals surface area contributed by atoms with E-state index in [4.69, 9.17) is 4.74 Å². The van der Waals surface area contributed by atoms with Crippen molar-refractivity contribution < 1.29 is 9.84 Å². The van der Waals surface area contributed by atoms with Crippen molar-refractivity contribution in [1.29, 1.82) is 0 Å². The Bertz CT molecular complexity index is 774. The quantitative estimate of drug-likeness (QED) is 0.709. The van der Waals surface area contributed by atoms with Crippen molar-refractivity contribution in [3.8, 4) is 5.75 Å². The van der Waals surface area contributed by atoms with Crippen LogP contribution < -0.4 is 9.64 Å². The predicted octanol–water partition coefficient (Wildman–Crippen LogP) is 2.95. The summed E-state index contributed by atoms with van der Waals surface area (Å²) in [5.41, 5.74) is 3.91. The second-order valence-corrected chi connectivity index (χ2v) is 8.28. The molecule has 0 amide bonds. The number of rotatable bonds is 3. The van der Waals surface area contributed by atoms with Crippen LogP contribution in [0.15, 0.2) is 42.5 Å². The van der Waals surface area contributed by atoms with Crippen LogP contribution in [0.3, 0.4) is 0 Å². The molecular formula is C21H25IN2O2. The lowest BCUT2D eigenvalue weighted by atomic mass is 9.85. The number of methoxy groups -OCH3 is 1. The molecule has 1 N–H and O–H groups in total. The normalized spacial score (nSPS) is 23.6. The molecule has 1 aliphatic heterocycles. The average Bonchev–Trinajstić information content (AvgIpc) is 2.68. The van der Waals surface area contributed by atoms with E-state index < -0.39 is 0 Å². The molecule has 2 atom stereocenters. The van der Waals surface area contributed by atoms with Crippen molar-refractivity contribution in [2.75, 3.05) is 38.2 Å². The van der Waals surface area contributed by atoms with E-state index in [1.165, 1.54) is 20.4 Å². The molecule has 138 valence electrons. The first kappa shape index (κ1) is 18.1. The highest BCUT2D eigenvalue weighted by atomic mass is 127. The van der Waals surface area contributed by atoms with E-state index in [9.17, 15) is 5.11 Å². The van der Waals surface area contributed by atoms with Crippen molar-refractivity contribution in [3.05, 3.63) is 57.2 Å². The lowest BCUT2D eigenvalue weighted by Crippen LogP contribution is -2.56. The van der Waals surface area contributed by atoms with E-state index in [0.29, 0.717) is 0 Å². The van der Waals surface area contributed by atoms with Crippen molar-refractivity contribution in [2.45, 2.75) is 25.0 Å². The number of halogens is 1. The van der Waals surface area contributed by atoms with Crippen molar-refractivity contribution in [3.63, 3.8) is 0 Å². The number of hydrogen-bond donors (Lipinski definition) is 1. The molecule has 0 spiro atoms. The molecule has 0 radical (unpaired) electrons. The van der Waals surface area contributed by atoms with Gasteiger partial charge >= 0.3 is 0 Å². The Hall–Kier alpha value is -1.31. The monoisotopic (exact) mass is 464 g/mol. The van der Waals surface area contributed by atoms with Gasteiger partial charge in [-0.05, 0) is 58.3 Å². The number of benzene rings is 2. The number of nitrogens with zero attached hydrogens (tertiary/aromatic N) is 2. The molecule has 1 saturated heterocycles. The summed E-state index contributed by atoms with van der Waals surface area (Å²) in [4.78, 5) is 4.87. The minimum absolute atomic E-state index is 0.221. The Kier molecular flexibility index (Phi) is 5.38. The van der Waals surface area contributed by atoms with Gasteiger partial charge < -0.3 is 14.7 Å². The van der Waals surface area contributed by atoms with Gasteiger partial charge in [0.1, 0.15) is 5.75 Å². The molecular weight excluding hydrogens is 439 g/mol. The van der Waals surface area contributed by atoms with Crippen LogP contribution >= 0.6 is 22.6 Å². The second-order valence-electron chi connectivity index (χ2n) is 7.12. The Morgan fingerprint density at radius 3 is 2.54 bits per heavy atom. The maximum Gasteiger partial charge on any atom is 0.142 e. The van der Waals surface area contributed by atoms with Gasteiger partial charge in [-0.3, -0.25) is 4.90 Å². The van der Waals surface area contributed by atoms with E-state index in [0.717, 1.165) is 44.8 Å². The van der Waals surface area contributed by atoms with Gasteiger partial charge in [-0.1, -0.05) is 24.3 Å². The smallest absolute Gasteiger partial charge is 0.142 e. The number of ether oxygens (including phenoxy) is 1. The highest BCUT2D eigenvalue weighted by Crippen LogP contribution is 2.31. The molecule has 1 fully saturated rings. The Balaban J connectivity index is 1.46. The zero-order valence-electron chi connectivity index (χ0n) is 15.1. The molecule has 4 nitrogen and oxygen atoms in total. The van der Waals surface area contributed by atoms with Crippen molar-refractivity contribution in [2.24, 2.45) is 0 Å². The number of anilines is 1. The molecule has 26 heavy (non-hydrogen) atoms. The standard InChI is InChI=1S/C21H25IN2O2/c1-26-21-8-3-2-7-18(21)23-9-11-24(12-10-23)19-14-16-15(13-20(19)25)5-4-6-17(16)22/h2-8,19-20,25H,9-14H2,1H3/t19-,20-/m0/s1. The molecule has 1 heterocycles. The summed E-state index contributed by atoms with van der Waals surface area (Å²) in [5, 5.41) is 10.7. The summed E-state index contributed by atoms with van der Waals surface area (Å²) in [7, 11) is 1.73. The fraction of sp³-hybridized carbons (Fsp3) is 0.429. The van der Waals surface area contributed by atoms with Crippen LogP contribution in [-0.4, -0.2) is 55.4 Å². The number of hydrogen-bond acceptors (Lipinski definition) is 4. The highest BCUT2D eigenvalue weighted by Gasteiger charge is 2.34. The van der Waals surface area contributed by atoms with Gasteiger partial charge in [0.2, 0.25) is 0 Å². The third-order valence-corrected chi connectivity index (χ3v) is 6.72. The van der Waals surface area contributed by atoms with Crippen molar-refractivity contribution >= 4 is 28.3 Å². The first-order chi connectivity index (χ1) is 12.7. The first-order valence-corrected chi connectivity index (χ1v) is 10.3. The van der Waals surface area contributed by atoms with Crippen LogP contribution in [0.4, 0.5) is 5.69 Å². The molecule has 0 unspecified atom stereocenters. The van der Waals surface area contributed by atoms with Gasteiger partial charge in [0.05, 0.1) is 18.9 Å². The van der Waals surface area contributed by atoms with E-state index in [-0.39, 0.29) is 12.1 Å². The maximum absolute atomic E-state index is 10.7. The number of para-hydroxylation sites is 2. The van der Waals surface area contributed by atoms with Gasteiger partial charge in [-0.15, -0.1) is 0 Å². The number of piperazine rings is 1. The van der Waals surface area contributed by atoms with E-state index in [2.05, 4.69) is 62.7 Å². The first-order valence-electron chi connectivity index (χ1n) is 9.23. The SMILES string of the molecule is COc1ccccc1N1CCN([C@H]2Cc3c(I)cccc3C[C@@H]2O)CC1. The fourth-order valence-electron chi connectivity index (χ4n) is 4.29. The fourth-order valence-corrected chi connectivity index (χ4v) is 5.06. The molecule has 2 aromatic rings. The summed E-state index contributed by atoms with van der Waals surface area (Å²) >= 11 is 2.43. The van der Waals surface area contributed by atoms with Gasteiger partial charge in [0.15, 0.2) is 0 Å². The lowest BCUT2D eigenvalue weighted by molar-refractivity contribution is 0.0393. The zero-order valence-corrected chi connectivity index (χ0v) is 17.2. The maximum atomic E-state index is 10.7. The minimum Gasteiger partial charge on any atom is -0.495 e. The number of aliphatic hydroxyl groups is 1. The Morgan fingerprint density at radius 1 is 1.00 bits per heavy atom. The van der Waals surface area contributed by atoms with Crippen LogP contribution in [0.1, 0.15) is 11.1 Å². The zero-order chi connectivity index (χ0) is 18.1. The predicted molar refractivity (Wildman–Crippen MR) is 113 cm³/mol. The summed E-state index contributed by atoms with van der Waals surface area (Å²) in [6.07, 6.45) is 1.44. The average molecular weight is 464 g/mol. The van der Waals surface area contributed by atoms with Crippen LogP contribution in [-0.2, 0) is 12.8 Å². The molecule has 0 saturated carbocycles. The van der Waals surface area contributed by atoms with Crippen LogP contribution in [0.5, 0.6) is 5.75 Å². The number of fused-ring (bicyclic) bond motifs is 1. The van der Waals surface area contributed by atoms with Crippen molar-refractivity contribution in [1.82, 2.24) is 4.90 Å². The summed E-state index contributed by atoms with van der Waals surface area (Å²) in [6.45, 7) is 3.86. The highest BCUT2D eigenvalue weighted by molar-refractivity contribution is 14.1. The molecule has 4 rings (SSSR count). The van der Waals surface area contributed by atoms with E-state index in [1.54, 1.807) is 7.11 Å². The second kappa shape index (κ2) is 7.74. The van der Waals surface area contributed by atoms with E-state index >= 15 is 0 Å². The molecule has 5 heteroatoms. The summed E-state index contributed by atoms with van der Waals surface area (Å²) < 4.78 is 6.84. The molecule has 2 aliphatic rings. The van der Waals surface area contributed by atoms with Gasteiger partial charge in [0.25, 0.3) is 0 Å². The summed E-state index contributed by atoms with van der Waals surface area (Å²) in [6, 6.07) is 14.9. The molecule has 0 aromatic heterocycles. The van der Waals surface area contributed by atoms with Gasteiger partial charge in [-0.25, -0.2) is 0 Å². The Labute approximate surface area is 168 Å². The van der Waals surface area contributed by atoms with Gasteiger partial charge in [0, 0.05) is 42.2 Å². The number of aliphatic hydroxyl groups excluding tert-OH is 1. The van der Waals surface area contributed by atoms with Gasteiger partial charge in [-0.2, -0.15) is 0 Å². The summed E-state index contributed by atoms with van der Waals surface area (Å²) in [5.74, 6) is 0.933. The topological polar surface area (TPSA) is 35.9 Å². The Morgan fingerprint density at radius 2 is 1.77 bits per heavy atom.